The van der Waals surface area contributed by atoms with Gasteiger partial charge in [0.1, 0.15) is 16.6 Å². The highest BCUT2D eigenvalue weighted by Gasteiger charge is 2.10. The molecule has 1 N–H and O–H groups in total. The smallest absolute Gasteiger partial charge is 0.211 e. The number of aromatic nitrogens is 1. The van der Waals surface area contributed by atoms with Gasteiger partial charge in [0.25, 0.3) is 0 Å². The van der Waals surface area contributed by atoms with Crippen LogP contribution in [0.1, 0.15) is 6.92 Å². The van der Waals surface area contributed by atoms with Crippen molar-refractivity contribution >= 4 is 33.7 Å². The zero-order chi connectivity index (χ0) is 16.9. The van der Waals surface area contributed by atoms with Crippen LogP contribution in [0.15, 0.2) is 36.4 Å². The van der Waals surface area contributed by atoms with Gasteiger partial charge in [-0.05, 0) is 43.3 Å². The van der Waals surface area contributed by atoms with Crippen LogP contribution in [0.5, 0.6) is 5.75 Å². The lowest BCUT2D eigenvalue weighted by molar-refractivity contribution is -0.105. The summed E-state index contributed by atoms with van der Waals surface area (Å²) in [5.41, 5.74) is 1.61. The monoisotopic (exact) mass is 346 g/mol. The molecule has 0 bridgehead atoms. The van der Waals surface area contributed by atoms with Gasteiger partial charge >= 0.3 is 0 Å². The molecule has 1 aromatic heterocycles. The fourth-order valence-corrected chi connectivity index (χ4v) is 3.13. The van der Waals surface area contributed by atoms with Crippen LogP contribution < -0.4 is 10.1 Å². The topological polar surface area (TPSA) is 60.5 Å². The summed E-state index contributed by atoms with van der Waals surface area (Å²) < 4.78 is 25.5. The van der Waals surface area contributed by atoms with Crippen LogP contribution in [-0.2, 0) is 9.53 Å². The number of anilines is 1. The third-order valence-corrected chi connectivity index (χ3v) is 4.37. The molecule has 0 saturated carbocycles. The molecule has 0 aliphatic heterocycles. The first kappa shape index (κ1) is 16.4. The molecule has 0 radical (unpaired) electrons. The molecular formula is C17H15FN2O3S. The van der Waals surface area contributed by atoms with Crippen molar-refractivity contribution in [3.8, 4) is 16.3 Å². The first-order valence-corrected chi connectivity index (χ1v) is 8.14. The van der Waals surface area contributed by atoms with Gasteiger partial charge in [-0.25, -0.2) is 9.37 Å². The normalized spacial score (nSPS) is 10.8. The van der Waals surface area contributed by atoms with E-state index in [0.29, 0.717) is 29.3 Å². The van der Waals surface area contributed by atoms with Crippen LogP contribution >= 0.6 is 11.3 Å². The van der Waals surface area contributed by atoms with Gasteiger partial charge in [0, 0.05) is 12.2 Å². The Bertz CT molecular complexity index is 866. The van der Waals surface area contributed by atoms with Crippen molar-refractivity contribution in [2.45, 2.75) is 6.92 Å². The maximum absolute atomic E-state index is 13.9. The van der Waals surface area contributed by atoms with Gasteiger partial charge in [0.05, 0.1) is 15.9 Å². The van der Waals surface area contributed by atoms with Gasteiger partial charge in [0.2, 0.25) is 6.41 Å². The number of rotatable bonds is 7. The van der Waals surface area contributed by atoms with Gasteiger partial charge < -0.3 is 14.8 Å². The molecule has 124 valence electrons. The summed E-state index contributed by atoms with van der Waals surface area (Å²) in [7, 11) is 0. The predicted octanol–water partition coefficient (Wildman–Crippen LogP) is 4.04. The number of nitrogens with zero attached hydrogens (tertiary/aromatic N) is 1. The highest BCUT2D eigenvalue weighted by Crippen LogP contribution is 2.33. The molecule has 2 aromatic carbocycles. The number of ether oxygens (including phenoxy) is 2. The molecule has 1 amide bonds. The van der Waals surface area contributed by atoms with Gasteiger partial charge in [-0.2, -0.15) is 0 Å². The average Bonchev–Trinajstić information content (AvgIpc) is 3.00. The van der Waals surface area contributed by atoms with Gasteiger partial charge in [-0.1, -0.05) is 0 Å². The number of carbonyl (C=O) groups excluding carboxylic acids is 1. The second kappa shape index (κ2) is 7.37. The molecule has 0 saturated heterocycles. The van der Waals surface area contributed by atoms with Crippen LogP contribution in [0, 0.1) is 5.82 Å². The van der Waals surface area contributed by atoms with Crippen molar-refractivity contribution in [2.24, 2.45) is 0 Å². The Morgan fingerprint density at radius 1 is 1.29 bits per heavy atom. The predicted molar refractivity (Wildman–Crippen MR) is 91.8 cm³/mol. The van der Waals surface area contributed by atoms with E-state index in [9.17, 15) is 9.18 Å². The fourth-order valence-electron chi connectivity index (χ4n) is 2.14. The van der Waals surface area contributed by atoms with E-state index < -0.39 is 5.82 Å². The maximum Gasteiger partial charge on any atom is 0.211 e. The molecule has 0 fully saturated rings. The Hall–Kier alpha value is -2.51. The van der Waals surface area contributed by atoms with Crippen molar-refractivity contribution < 1.29 is 18.7 Å². The third kappa shape index (κ3) is 3.52. The summed E-state index contributed by atoms with van der Waals surface area (Å²) in [5.74, 6) is 0.197. The fraction of sp³-hybridized carbons (Fsp3) is 0.176. The summed E-state index contributed by atoms with van der Waals surface area (Å²) in [6.45, 7) is 2.69. The molecule has 0 unspecified atom stereocenters. The van der Waals surface area contributed by atoms with E-state index >= 15 is 0 Å². The SMILES string of the molecule is CCOCOc1ccc2nc(-c3ccc(NC=O)c(F)c3)sc2c1. The standard InChI is InChI=1S/C17H15FN2O3S/c1-2-22-10-23-12-4-6-15-16(8-12)24-17(20-15)11-3-5-14(19-9-21)13(18)7-11/h3-9H,2,10H2,1H3,(H,19,21). The number of hydrogen-bond acceptors (Lipinski definition) is 5. The minimum absolute atomic E-state index is 0.140. The molecule has 3 aromatic rings. The number of thiazole rings is 1. The third-order valence-electron chi connectivity index (χ3n) is 3.30. The number of benzene rings is 2. The number of fused-ring (bicyclic) bond motifs is 1. The molecule has 0 aliphatic rings. The Morgan fingerprint density at radius 3 is 2.92 bits per heavy atom. The second-order valence-electron chi connectivity index (χ2n) is 4.86. The molecule has 3 rings (SSSR count). The second-order valence-corrected chi connectivity index (χ2v) is 5.89. The van der Waals surface area contributed by atoms with Gasteiger partial charge in [-0.3, -0.25) is 4.79 Å². The van der Waals surface area contributed by atoms with Crippen LogP contribution in [0.3, 0.4) is 0 Å². The van der Waals surface area contributed by atoms with Crippen molar-refractivity contribution in [3.63, 3.8) is 0 Å². The van der Waals surface area contributed by atoms with Crippen molar-refractivity contribution in [2.75, 3.05) is 18.7 Å². The Balaban J connectivity index is 1.87. The number of carbonyl (C=O) groups is 1. The molecule has 5 nitrogen and oxygen atoms in total. The van der Waals surface area contributed by atoms with E-state index in [0.717, 1.165) is 10.2 Å². The summed E-state index contributed by atoms with van der Waals surface area (Å²) in [6.07, 6.45) is 0.444. The molecule has 0 spiro atoms. The number of hydrogen-bond donors (Lipinski definition) is 1. The lowest BCUT2D eigenvalue weighted by atomic mass is 10.2. The maximum atomic E-state index is 13.9. The molecule has 0 aliphatic carbocycles. The van der Waals surface area contributed by atoms with Gasteiger partial charge in [-0.15, -0.1) is 11.3 Å². The minimum Gasteiger partial charge on any atom is -0.468 e. The molecule has 24 heavy (non-hydrogen) atoms. The van der Waals surface area contributed by atoms with Crippen LogP contribution in [0.4, 0.5) is 10.1 Å². The number of nitrogens with one attached hydrogen (secondary N) is 1. The minimum atomic E-state index is -0.500. The largest absolute Gasteiger partial charge is 0.468 e. The van der Waals surface area contributed by atoms with Crippen molar-refractivity contribution in [3.05, 3.63) is 42.2 Å². The van der Waals surface area contributed by atoms with Crippen LogP contribution in [-0.4, -0.2) is 24.8 Å². The van der Waals surface area contributed by atoms with E-state index in [-0.39, 0.29) is 12.5 Å². The van der Waals surface area contributed by atoms with Crippen LogP contribution in [0.2, 0.25) is 0 Å². The van der Waals surface area contributed by atoms with E-state index in [1.807, 2.05) is 25.1 Å². The van der Waals surface area contributed by atoms with Crippen LogP contribution in [0.25, 0.3) is 20.8 Å². The van der Waals surface area contributed by atoms with Crippen molar-refractivity contribution in [1.82, 2.24) is 4.98 Å². The quantitative estimate of drug-likeness (QED) is 0.398. The first-order chi connectivity index (χ1) is 11.7. The van der Waals surface area contributed by atoms with Crippen molar-refractivity contribution in [1.29, 1.82) is 0 Å². The molecule has 0 atom stereocenters. The summed E-state index contributed by atoms with van der Waals surface area (Å²) >= 11 is 1.44. The zero-order valence-electron chi connectivity index (χ0n) is 12.9. The summed E-state index contributed by atoms with van der Waals surface area (Å²) in [6, 6.07) is 10.2. The molecule has 1 heterocycles. The van der Waals surface area contributed by atoms with E-state index in [4.69, 9.17) is 9.47 Å². The Labute approximate surface area is 142 Å². The molecular weight excluding hydrogens is 331 g/mol. The lowest BCUT2D eigenvalue weighted by Gasteiger charge is -2.04. The number of halogens is 1. The lowest BCUT2D eigenvalue weighted by Crippen LogP contribution is -2.01. The van der Waals surface area contributed by atoms with E-state index in [1.165, 1.54) is 23.5 Å². The average molecular weight is 346 g/mol. The number of amides is 1. The first-order valence-electron chi connectivity index (χ1n) is 7.32. The van der Waals surface area contributed by atoms with E-state index in [1.54, 1.807) is 6.07 Å². The molecule has 7 heteroatoms. The zero-order valence-corrected chi connectivity index (χ0v) is 13.7. The van der Waals surface area contributed by atoms with E-state index in [2.05, 4.69) is 10.3 Å². The van der Waals surface area contributed by atoms with Gasteiger partial charge in [0.15, 0.2) is 6.79 Å². The Kier molecular flexibility index (Phi) is 5.02. The summed E-state index contributed by atoms with van der Waals surface area (Å²) in [4.78, 5) is 14.9. The summed E-state index contributed by atoms with van der Waals surface area (Å²) in [5, 5.41) is 3.01. The Morgan fingerprint density at radius 2 is 2.17 bits per heavy atom. The highest BCUT2D eigenvalue weighted by atomic mass is 32.1. The highest BCUT2D eigenvalue weighted by molar-refractivity contribution is 7.21.